The highest BCUT2D eigenvalue weighted by Gasteiger charge is 2.27. The molecule has 2 aromatic carbocycles. The maximum Gasteiger partial charge on any atom is 0.328 e. The summed E-state index contributed by atoms with van der Waals surface area (Å²) in [5, 5.41) is 5.40. The molecule has 7 nitrogen and oxygen atoms in total. The van der Waals surface area contributed by atoms with Gasteiger partial charge in [-0.1, -0.05) is 36.4 Å². The lowest BCUT2D eigenvalue weighted by atomic mass is 10.1. The van der Waals surface area contributed by atoms with Crippen LogP contribution in [-0.2, 0) is 0 Å². The van der Waals surface area contributed by atoms with Crippen LogP contribution in [0.5, 0.6) is 0 Å². The normalized spacial score (nSPS) is 15.3. The number of hydrogen-bond acceptors (Lipinski definition) is 4. The van der Waals surface area contributed by atoms with Gasteiger partial charge in [0, 0.05) is 43.8 Å². The van der Waals surface area contributed by atoms with Gasteiger partial charge in [0.25, 0.3) is 5.56 Å². The van der Waals surface area contributed by atoms with Crippen molar-refractivity contribution in [3.63, 3.8) is 0 Å². The summed E-state index contributed by atoms with van der Waals surface area (Å²) in [6.45, 7) is 7.39. The Bertz CT molecular complexity index is 1270. The maximum absolute atomic E-state index is 13.5. The first-order chi connectivity index (χ1) is 15.0. The lowest BCUT2D eigenvalue weighted by molar-refractivity contribution is 0.120. The fraction of sp³-hybridized carbons (Fsp3) is 0.292. The molecule has 0 radical (unpaired) electrons. The van der Waals surface area contributed by atoms with Crippen LogP contribution in [0.1, 0.15) is 13.8 Å². The third-order valence-electron chi connectivity index (χ3n) is 6.08. The summed E-state index contributed by atoms with van der Waals surface area (Å²) in [6, 6.07) is 17.3. The first-order valence-electron chi connectivity index (χ1n) is 10.7. The highest BCUT2D eigenvalue weighted by Crippen LogP contribution is 2.28. The Balaban J connectivity index is 1.62. The van der Waals surface area contributed by atoms with E-state index in [1.54, 1.807) is 10.8 Å². The van der Waals surface area contributed by atoms with Gasteiger partial charge >= 0.3 is 6.03 Å². The molecule has 0 atom stereocenters. The molecule has 3 aliphatic rings. The summed E-state index contributed by atoms with van der Waals surface area (Å²) >= 11 is 0. The molecule has 1 amide bonds. The number of para-hydroxylation sites is 2. The molecule has 0 saturated carbocycles. The Morgan fingerprint density at radius 1 is 0.935 bits per heavy atom. The number of rotatable bonds is 2. The predicted molar refractivity (Wildman–Crippen MR) is 121 cm³/mol. The van der Waals surface area contributed by atoms with E-state index < -0.39 is 0 Å². The van der Waals surface area contributed by atoms with Crippen molar-refractivity contribution in [2.45, 2.75) is 19.9 Å². The predicted octanol–water partition coefficient (Wildman–Crippen LogP) is 3.29. The summed E-state index contributed by atoms with van der Waals surface area (Å²) < 4.78 is 3.02. The van der Waals surface area contributed by atoms with Gasteiger partial charge in [0.1, 0.15) is 5.69 Å². The first-order valence-corrected chi connectivity index (χ1v) is 10.7. The van der Waals surface area contributed by atoms with Crippen LogP contribution < -0.4 is 5.56 Å². The van der Waals surface area contributed by atoms with Crippen LogP contribution in [0.3, 0.4) is 0 Å². The minimum absolute atomic E-state index is 0.103. The summed E-state index contributed by atoms with van der Waals surface area (Å²) in [6.07, 6.45) is 1.66. The van der Waals surface area contributed by atoms with Crippen LogP contribution >= 0.6 is 0 Å². The Morgan fingerprint density at radius 3 is 2.32 bits per heavy atom. The van der Waals surface area contributed by atoms with Crippen molar-refractivity contribution in [3.8, 4) is 16.9 Å². The number of nitrogens with zero attached hydrogens (tertiary/aromatic N) is 5. The number of hydrogen-bond donors (Lipinski definition) is 0. The number of piperazine rings is 1. The SMILES string of the molecule is CC(C)N1CCN(C(=O)n2cc3c(=O)n(-c4ccccc4)nc-3c3ccccc32)CC1. The molecule has 158 valence electrons. The van der Waals surface area contributed by atoms with E-state index in [9.17, 15) is 9.59 Å². The molecule has 5 rings (SSSR count). The fourth-order valence-electron chi connectivity index (χ4n) is 4.30. The van der Waals surface area contributed by atoms with Crippen molar-refractivity contribution in [2.24, 2.45) is 0 Å². The molecule has 0 bridgehead atoms. The molecule has 0 N–H and O–H groups in total. The van der Waals surface area contributed by atoms with Gasteiger partial charge < -0.3 is 4.90 Å². The van der Waals surface area contributed by atoms with Gasteiger partial charge in [-0.2, -0.15) is 9.78 Å². The second-order valence-corrected chi connectivity index (χ2v) is 8.23. The molecular weight excluding hydrogens is 390 g/mol. The maximum atomic E-state index is 13.5. The molecule has 0 spiro atoms. The van der Waals surface area contributed by atoms with E-state index in [1.807, 2.05) is 59.5 Å². The van der Waals surface area contributed by atoms with Crippen LogP contribution in [0.2, 0.25) is 0 Å². The highest BCUT2D eigenvalue weighted by molar-refractivity contribution is 5.99. The van der Waals surface area contributed by atoms with Crippen molar-refractivity contribution in [2.75, 3.05) is 26.2 Å². The summed E-state index contributed by atoms with van der Waals surface area (Å²) in [4.78, 5) is 30.9. The zero-order valence-electron chi connectivity index (χ0n) is 17.7. The summed E-state index contributed by atoms with van der Waals surface area (Å²) in [5.41, 5.74) is 2.28. The summed E-state index contributed by atoms with van der Waals surface area (Å²) in [7, 11) is 0. The van der Waals surface area contributed by atoms with Crippen LogP contribution in [0.15, 0.2) is 65.6 Å². The van der Waals surface area contributed by atoms with E-state index in [2.05, 4.69) is 23.8 Å². The molecule has 2 aromatic rings. The zero-order valence-corrected chi connectivity index (χ0v) is 17.7. The Morgan fingerprint density at radius 2 is 1.61 bits per heavy atom. The van der Waals surface area contributed by atoms with Gasteiger partial charge in [-0.25, -0.2) is 4.79 Å². The average molecular weight is 415 g/mol. The summed E-state index contributed by atoms with van der Waals surface area (Å²) in [5.74, 6) is 0. The van der Waals surface area contributed by atoms with E-state index in [0.717, 1.165) is 24.0 Å². The third kappa shape index (κ3) is 3.31. The minimum atomic E-state index is -0.224. The fourth-order valence-corrected chi connectivity index (χ4v) is 4.30. The first kappa shape index (κ1) is 19.5. The molecule has 7 heteroatoms. The van der Waals surface area contributed by atoms with E-state index in [4.69, 9.17) is 0 Å². The molecule has 0 aromatic heterocycles. The second-order valence-electron chi connectivity index (χ2n) is 8.23. The van der Waals surface area contributed by atoms with Crippen LogP contribution in [0.4, 0.5) is 4.79 Å². The lowest BCUT2D eigenvalue weighted by Crippen LogP contribution is -2.51. The number of carbonyl (C=O) groups excluding carboxylic acids is 1. The largest absolute Gasteiger partial charge is 0.328 e. The van der Waals surface area contributed by atoms with Crippen molar-refractivity contribution in [1.29, 1.82) is 0 Å². The number of amides is 1. The lowest BCUT2D eigenvalue weighted by Gasteiger charge is -2.37. The van der Waals surface area contributed by atoms with Gasteiger partial charge in [-0.3, -0.25) is 14.3 Å². The van der Waals surface area contributed by atoms with E-state index >= 15 is 0 Å². The van der Waals surface area contributed by atoms with E-state index in [-0.39, 0.29) is 11.6 Å². The molecule has 31 heavy (non-hydrogen) atoms. The Kier molecular flexibility index (Phi) is 4.82. The number of fused-ring (bicyclic) bond motifs is 3. The number of pyridine rings is 1. The molecule has 1 fully saturated rings. The zero-order chi connectivity index (χ0) is 21.5. The van der Waals surface area contributed by atoms with Gasteiger partial charge in [-0.15, -0.1) is 0 Å². The van der Waals surface area contributed by atoms with Crippen LogP contribution in [0.25, 0.3) is 27.8 Å². The second kappa shape index (κ2) is 7.67. The van der Waals surface area contributed by atoms with Crippen molar-refractivity contribution < 1.29 is 4.79 Å². The number of aromatic nitrogens is 3. The molecular formula is C24H25N5O2. The third-order valence-corrected chi connectivity index (χ3v) is 6.08. The molecule has 3 aliphatic heterocycles. The smallest absolute Gasteiger partial charge is 0.321 e. The van der Waals surface area contributed by atoms with Crippen LogP contribution in [0, 0.1) is 0 Å². The Hall–Kier alpha value is -3.45. The molecule has 3 heterocycles. The van der Waals surface area contributed by atoms with Crippen LogP contribution in [-0.4, -0.2) is 62.4 Å². The van der Waals surface area contributed by atoms with Crippen molar-refractivity contribution >= 4 is 16.9 Å². The number of benzene rings is 2. The van der Waals surface area contributed by atoms with Gasteiger partial charge in [0.2, 0.25) is 0 Å². The van der Waals surface area contributed by atoms with Crippen molar-refractivity contribution in [1.82, 2.24) is 24.1 Å². The topological polar surface area (TPSA) is 63.4 Å². The van der Waals surface area contributed by atoms with E-state index in [0.29, 0.717) is 36.1 Å². The minimum Gasteiger partial charge on any atom is -0.321 e. The van der Waals surface area contributed by atoms with Gasteiger partial charge in [0.15, 0.2) is 0 Å². The van der Waals surface area contributed by atoms with E-state index in [1.165, 1.54) is 4.68 Å². The molecule has 0 aliphatic carbocycles. The average Bonchev–Trinajstić information content (AvgIpc) is 3.15. The van der Waals surface area contributed by atoms with Crippen molar-refractivity contribution in [3.05, 3.63) is 71.1 Å². The van der Waals surface area contributed by atoms with Gasteiger partial charge in [0.05, 0.1) is 16.8 Å². The molecule has 1 saturated heterocycles. The highest BCUT2D eigenvalue weighted by atomic mass is 16.2. The van der Waals surface area contributed by atoms with Gasteiger partial charge in [-0.05, 0) is 32.0 Å². The monoisotopic (exact) mass is 415 g/mol. The quantitative estimate of drug-likeness (QED) is 0.504. The standard InChI is InChI=1S/C24H25N5O2/c1-17(2)26-12-14-27(15-13-26)24(31)28-16-20-22(19-10-6-7-11-21(19)28)25-29(23(20)30)18-8-4-3-5-9-18/h3-11,16-17H,12-15H2,1-2H3. The number of carbonyl (C=O) groups is 1. The Labute approximate surface area is 180 Å². The molecule has 0 unspecified atom stereocenters.